The Morgan fingerprint density at radius 2 is 2.08 bits per heavy atom. The fraction of sp³-hybridized carbons (Fsp3) is 0.263. The molecule has 7 heteroatoms. The van der Waals surface area contributed by atoms with E-state index in [1.54, 1.807) is 12.4 Å². The number of rotatable bonds is 6. The van der Waals surface area contributed by atoms with Crippen LogP contribution in [-0.4, -0.2) is 31.4 Å². The molecule has 2 heterocycles. The van der Waals surface area contributed by atoms with Crippen LogP contribution < -0.4 is 5.32 Å². The lowest BCUT2D eigenvalue weighted by Crippen LogP contribution is -2.16. The van der Waals surface area contributed by atoms with E-state index in [1.165, 1.54) is 11.8 Å². The van der Waals surface area contributed by atoms with Crippen molar-refractivity contribution >= 4 is 23.4 Å². The van der Waals surface area contributed by atoms with Crippen LogP contribution in [0.1, 0.15) is 18.1 Å². The van der Waals surface area contributed by atoms with E-state index in [2.05, 4.69) is 27.4 Å². The first-order chi connectivity index (χ1) is 12.6. The van der Waals surface area contributed by atoms with Crippen LogP contribution in [0, 0.1) is 6.92 Å². The van der Waals surface area contributed by atoms with Crippen molar-refractivity contribution < 1.29 is 4.79 Å². The number of anilines is 1. The molecular weight excluding hydrogens is 346 g/mol. The number of pyridine rings is 1. The average molecular weight is 367 g/mol. The third-order valence-electron chi connectivity index (χ3n) is 4.09. The molecule has 0 bridgehead atoms. The number of aromatic nitrogens is 4. The Labute approximate surface area is 157 Å². The summed E-state index contributed by atoms with van der Waals surface area (Å²) in [5.74, 6) is 0.953. The van der Waals surface area contributed by atoms with Gasteiger partial charge in [0.1, 0.15) is 0 Å². The largest absolute Gasteiger partial charge is 0.325 e. The molecule has 0 aliphatic heterocycles. The minimum absolute atomic E-state index is 0.0510. The van der Waals surface area contributed by atoms with E-state index in [4.69, 9.17) is 0 Å². The zero-order valence-electron chi connectivity index (χ0n) is 15.1. The summed E-state index contributed by atoms with van der Waals surface area (Å²) in [4.78, 5) is 16.5. The summed E-state index contributed by atoms with van der Waals surface area (Å²) in [5, 5.41) is 12.1. The number of hydrogen-bond donors (Lipinski definition) is 1. The molecule has 0 fully saturated rings. The lowest BCUT2D eigenvalue weighted by atomic mass is 10.1. The highest BCUT2D eigenvalue weighted by Crippen LogP contribution is 2.24. The van der Waals surface area contributed by atoms with Gasteiger partial charge in [-0.3, -0.25) is 9.78 Å². The van der Waals surface area contributed by atoms with Crippen LogP contribution in [0.2, 0.25) is 0 Å². The lowest BCUT2D eigenvalue weighted by molar-refractivity contribution is -0.113. The van der Waals surface area contributed by atoms with Gasteiger partial charge < -0.3 is 9.88 Å². The van der Waals surface area contributed by atoms with Gasteiger partial charge in [-0.05, 0) is 36.6 Å². The van der Waals surface area contributed by atoms with Gasteiger partial charge in [0.2, 0.25) is 5.91 Å². The van der Waals surface area contributed by atoms with Crippen LogP contribution in [-0.2, 0) is 18.3 Å². The van der Waals surface area contributed by atoms with Gasteiger partial charge in [0.05, 0.1) is 5.75 Å². The van der Waals surface area contributed by atoms with Gasteiger partial charge in [-0.25, -0.2) is 0 Å². The number of carbonyl (C=O) groups is 1. The summed E-state index contributed by atoms with van der Waals surface area (Å²) in [6, 6.07) is 9.85. The Bertz CT molecular complexity index is 908. The lowest BCUT2D eigenvalue weighted by Gasteiger charge is -2.12. The summed E-state index contributed by atoms with van der Waals surface area (Å²) in [7, 11) is 1.89. The maximum Gasteiger partial charge on any atom is 0.234 e. The molecule has 0 atom stereocenters. The standard InChI is InChI=1S/C19H21N5OS/c1-4-14-8-5-7-13(2)17(14)21-16(25)12-26-19-23-22-18(24(19)3)15-9-6-10-20-11-15/h5-11H,4,12H2,1-3H3,(H,21,25). The molecule has 26 heavy (non-hydrogen) atoms. The molecule has 1 amide bonds. The fourth-order valence-electron chi connectivity index (χ4n) is 2.69. The Hall–Kier alpha value is -2.67. The van der Waals surface area contributed by atoms with Crippen LogP contribution in [0.5, 0.6) is 0 Å². The number of amides is 1. The van der Waals surface area contributed by atoms with E-state index >= 15 is 0 Å². The quantitative estimate of drug-likeness (QED) is 0.675. The molecule has 0 radical (unpaired) electrons. The Kier molecular flexibility index (Phi) is 5.68. The number of hydrogen-bond acceptors (Lipinski definition) is 5. The monoisotopic (exact) mass is 367 g/mol. The molecule has 0 saturated heterocycles. The maximum absolute atomic E-state index is 12.4. The van der Waals surface area contributed by atoms with Crippen molar-refractivity contribution in [2.45, 2.75) is 25.4 Å². The minimum Gasteiger partial charge on any atom is -0.325 e. The van der Waals surface area contributed by atoms with Crippen molar-refractivity contribution in [2.75, 3.05) is 11.1 Å². The fourth-order valence-corrected chi connectivity index (χ4v) is 3.41. The Balaban J connectivity index is 1.67. The van der Waals surface area contributed by atoms with Gasteiger partial charge in [0.25, 0.3) is 0 Å². The van der Waals surface area contributed by atoms with Crippen molar-refractivity contribution in [3.63, 3.8) is 0 Å². The van der Waals surface area contributed by atoms with Crippen molar-refractivity contribution in [3.8, 4) is 11.4 Å². The van der Waals surface area contributed by atoms with Crippen LogP contribution >= 0.6 is 11.8 Å². The van der Waals surface area contributed by atoms with E-state index in [-0.39, 0.29) is 11.7 Å². The number of thioether (sulfide) groups is 1. The third kappa shape index (κ3) is 3.94. The molecule has 1 N–H and O–H groups in total. The number of benzene rings is 1. The van der Waals surface area contributed by atoms with Gasteiger partial charge in [-0.15, -0.1) is 10.2 Å². The van der Waals surface area contributed by atoms with Gasteiger partial charge in [0, 0.05) is 30.7 Å². The second-order valence-electron chi connectivity index (χ2n) is 5.91. The zero-order valence-corrected chi connectivity index (χ0v) is 15.9. The number of para-hydroxylation sites is 1. The molecule has 3 aromatic rings. The Morgan fingerprint density at radius 1 is 1.23 bits per heavy atom. The van der Waals surface area contributed by atoms with Gasteiger partial charge in [-0.1, -0.05) is 36.9 Å². The molecule has 3 rings (SSSR count). The number of aryl methyl sites for hydroxylation is 2. The molecule has 134 valence electrons. The molecule has 1 aromatic carbocycles. The van der Waals surface area contributed by atoms with Gasteiger partial charge in [0.15, 0.2) is 11.0 Å². The first-order valence-corrected chi connectivity index (χ1v) is 9.39. The highest BCUT2D eigenvalue weighted by Gasteiger charge is 2.14. The second-order valence-corrected chi connectivity index (χ2v) is 6.85. The van der Waals surface area contributed by atoms with Crippen molar-refractivity contribution in [1.82, 2.24) is 19.7 Å². The second kappa shape index (κ2) is 8.14. The highest BCUT2D eigenvalue weighted by molar-refractivity contribution is 7.99. The van der Waals surface area contributed by atoms with Crippen LogP contribution in [0.15, 0.2) is 47.9 Å². The number of nitrogens with zero attached hydrogens (tertiary/aromatic N) is 4. The minimum atomic E-state index is -0.0510. The van der Waals surface area contributed by atoms with E-state index in [1.807, 2.05) is 48.9 Å². The van der Waals surface area contributed by atoms with E-state index in [0.29, 0.717) is 5.16 Å². The number of carbonyl (C=O) groups excluding carboxylic acids is 1. The van der Waals surface area contributed by atoms with Crippen molar-refractivity contribution in [2.24, 2.45) is 7.05 Å². The Morgan fingerprint density at radius 3 is 2.81 bits per heavy atom. The van der Waals surface area contributed by atoms with E-state index in [9.17, 15) is 4.79 Å². The van der Waals surface area contributed by atoms with Crippen molar-refractivity contribution in [3.05, 3.63) is 53.9 Å². The van der Waals surface area contributed by atoms with Crippen LogP contribution in [0.3, 0.4) is 0 Å². The molecule has 6 nitrogen and oxygen atoms in total. The first kappa shape index (κ1) is 18.1. The van der Waals surface area contributed by atoms with Gasteiger partial charge in [-0.2, -0.15) is 0 Å². The summed E-state index contributed by atoms with van der Waals surface area (Å²) in [5.41, 5.74) is 4.02. The maximum atomic E-state index is 12.4. The predicted molar refractivity (Wildman–Crippen MR) is 104 cm³/mol. The molecular formula is C19H21N5OS. The van der Waals surface area contributed by atoms with Crippen LogP contribution in [0.4, 0.5) is 5.69 Å². The summed E-state index contributed by atoms with van der Waals surface area (Å²) in [6.07, 6.45) is 4.34. The molecule has 0 spiro atoms. The summed E-state index contributed by atoms with van der Waals surface area (Å²) in [6.45, 7) is 4.09. The molecule has 0 saturated carbocycles. The first-order valence-electron chi connectivity index (χ1n) is 8.41. The normalized spacial score (nSPS) is 10.7. The molecule has 0 aliphatic rings. The molecule has 2 aromatic heterocycles. The SMILES string of the molecule is CCc1cccc(C)c1NC(=O)CSc1nnc(-c2cccnc2)n1C. The van der Waals surface area contributed by atoms with Gasteiger partial charge >= 0.3 is 0 Å². The number of nitrogens with one attached hydrogen (secondary N) is 1. The van der Waals surface area contributed by atoms with Crippen LogP contribution in [0.25, 0.3) is 11.4 Å². The summed E-state index contributed by atoms with van der Waals surface area (Å²) >= 11 is 1.37. The summed E-state index contributed by atoms with van der Waals surface area (Å²) < 4.78 is 1.88. The molecule has 0 aliphatic carbocycles. The third-order valence-corrected chi connectivity index (χ3v) is 5.11. The average Bonchev–Trinajstić information content (AvgIpc) is 3.03. The predicted octanol–water partition coefficient (Wildman–Crippen LogP) is 3.48. The van der Waals surface area contributed by atoms with E-state index < -0.39 is 0 Å². The van der Waals surface area contributed by atoms with E-state index in [0.717, 1.165) is 34.6 Å². The van der Waals surface area contributed by atoms with Crippen molar-refractivity contribution in [1.29, 1.82) is 0 Å². The topological polar surface area (TPSA) is 72.7 Å². The molecule has 0 unspecified atom stereocenters. The smallest absolute Gasteiger partial charge is 0.234 e. The highest BCUT2D eigenvalue weighted by atomic mass is 32.2. The zero-order chi connectivity index (χ0) is 18.5.